The minimum Gasteiger partial charge on any atom is -0.455 e. The van der Waals surface area contributed by atoms with Crippen molar-refractivity contribution in [2.45, 2.75) is 38.4 Å². The van der Waals surface area contributed by atoms with Gasteiger partial charge >= 0.3 is 0 Å². The van der Waals surface area contributed by atoms with Crippen molar-refractivity contribution in [1.29, 1.82) is 0 Å². The summed E-state index contributed by atoms with van der Waals surface area (Å²) in [6, 6.07) is 7.40. The first kappa shape index (κ1) is 14.7. The molecule has 4 rings (SSSR count). The quantitative estimate of drug-likeness (QED) is 0.735. The van der Waals surface area contributed by atoms with Crippen molar-refractivity contribution in [3.8, 4) is 0 Å². The van der Waals surface area contributed by atoms with E-state index in [1.165, 1.54) is 6.33 Å². The lowest BCUT2D eigenvalue weighted by Gasteiger charge is -2.25. The number of aromatic nitrogens is 3. The van der Waals surface area contributed by atoms with Gasteiger partial charge in [-0.25, -0.2) is 9.67 Å². The molecule has 0 radical (unpaired) electrons. The van der Waals surface area contributed by atoms with Gasteiger partial charge in [-0.3, -0.25) is 0 Å². The van der Waals surface area contributed by atoms with Crippen molar-refractivity contribution >= 4 is 22.6 Å². The molecular weight excluding hydrogens is 318 g/mol. The van der Waals surface area contributed by atoms with Crippen LogP contribution in [0.15, 0.2) is 41.3 Å². The van der Waals surface area contributed by atoms with E-state index in [1.54, 1.807) is 17.1 Å². The summed E-state index contributed by atoms with van der Waals surface area (Å²) in [5.41, 5.74) is 0.738. The van der Waals surface area contributed by atoms with E-state index in [1.807, 2.05) is 32.0 Å². The van der Waals surface area contributed by atoms with Crippen LogP contribution in [0.1, 0.15) is 19.6 Å². The first-order valence-electron chi connectivity index (χ1n) is 7.43. The molecule has 1 fully saturated rings. The molecule has 0 spiro atoms. The fraction of sp³-hybridized carbons (Fsp3) is 0.375. The zero-order chi connectivity index (χ0) is 16.0. The lowest BCUT2D eigenvalue weighted by atomic mass is 10.2. The standard InChI is InChI=1S/C16H16ClN3O3/c1-10-11(2)23-16(22-10,7-20-9-18-8-19-20)15-6-12-5-13(17)3-4-14(12)21-15/h3-6,8-11H,7H2,1-2H3. The number of rotatable bonds is 3. The molecule has 0 aliphatic carbocycles. The number of furan rings is 1. The summed E-state index contributed by atoms with van der Waals surface area (Å²) in [6.07, 6.45) is 2.99. The average Bonchev–Trinajstić information content (AvgIpc) is 3.20. The van der Waals surface area contributed by atoms with E-state index in [0.29, 0.717) is 17.3 Å². The molecule has 6 nitrogen and oxygen atoms in total. The molecule has 2 atom stereocenters. The zero-order valence-electron chi connectivity index (χ0n) is 12.8. The van der Waals surface area contributed by atoms with Gasteiger partial charge < -0.3 is 13.9 Å². The van der Waals surface area contributed by atoms with E-state index in [9.17, 15) is 0 Å². The number of benzene rings is 1. The maximum atomic E-state index is 6.14. The molecule has 0 N–H and O–H groups in total. The fourth-order valence-electron chi connectivity index (χ4n) is 2.82. The summed E-state index contributed by atoms with van der Waals surface area (Å²) in [5, 5.41) is 5.72. The van der Waals surface area contributed by atoms with Crippen LogP contribution in [0.2, 0.25) is 5.02 Å². The van der Waals surface area contributed by atoms with Gasteiger partial charge in [-0.05, 0) is 38.1 Å². The fourth-order valence-corrected chi connectivity index (χ4v) is 3.00. The average molecular weight is 334 g/mol. The summed E-state index contributed by atoms with van der Waals surface area (Å²) < 4.78 is 19.9. The zero-order valence-corrected chi connectivity index (χ0v) is 13.5. The number of hydrogen-bond acceptors (Lipinski definition) is 5. The predicted octanol–water partition coefficient (Wildman–Crippen LogP) is 3.35. The van der Waals surface area contributed by atoms with Crippen molar-refractivity contribution < 1.29 is 13.9 Å². The van der Waals surface area contributed by atoms with Crippen LogP contribution in [-0.2, 0) is 21.8 Å². The molecule has 2 aromatic heterocycles. The third kappa shape index (κ3) is 2.52. The van der Waals surface area contributed by atoms with Gasteiger partial charge in [-0.15, -0.1) is 0 Å². The van der Waals surface area contributed by atoms with Crippen molar-refractivity contribution in [3.05, 3.63) is 47.7 Å². The monoisotopic (exact) mass is 333 g/mol. The molecule has 120 valence electrons. The van der Waals surface area contributed by atoms with Crippen LogP contribution < -0.4 is 0 Å². The topological polar surface area (TPSA) is 62.3 Å². The second-order valence-electron chi connectivity index (χ2n) is 5.78. The van der Waals surface area contributed by atoms with Crippen molar-refractivity contribution in [2.75, 3.05) is 0 Å². The van der Waals surface area contributed by atoms with Crippen molar-refractivity contribution in [1.82, 2.24) is 14.8 Å². The Morgan fingerprint density at radius 2 is 2.00 bits per heavy atom. The van der Waals surface area contributed by atoms with Gasteiger partial charge in [-0.1, -0.05) is 11.6 Å². The van der Waals surface area contributed by atoms with E-state index >= 15 is 0 Å². The summed E-state index contributed by atoms with van der Waals surface area (Å²) in [7, 11) is 0. The highest BCUT2D eigenvalue weighted by molar-refractivity contribution is 6.31. The largest absolute Gasteiger partial charge is 0.455 e. The number of nitrogens with zero attached hydrogens (tertiary/aromatic N) is 3. The Kier molecular flexibility index (Phi) is 3.41. The Morgan fingerprint density at radius 1 is 1.22 bits per heavy atom. The summed E-state index contributed by atoms with van der Waals surface area (Å²) in [6.45, 7) is 4.32. The molecule has 1 aliphatic rings. The van der Waals surface area contributed by atoms with Gasteiger partial charge in [0.15, 0.2) is 5.76 Å². The lowest BCUT2D eigenvalue weighted by Crippen LogP contribution is -2.33. The van der Waals surface area contributed by atoms with E-state index in [0.717, 1.165) is 11.0 Å². The number of ether oxygens (including phenoxy) is 2. The molecule has 0 saturated carbocycles. The van der Waals surface area contributed by atoms with E-state index < -0.39 is 5.79 Å². The van der Waals surface area contributed by atoms with Crippen molar-refractivity contribution in [2.24, 2.45) is 0 Å². The molecule has 1 aromatic carbocycles. The molecule has 1 aliphatic heterocycles. The molecule has 0 bridgehead atoms. The summed E-state index contributed by atoms with van der Waals surface area (Å²) in [5.74, 6) is -0.431. The molecule has 0 amide bonds. The summed E-state index contributed by atoms with van der Waals surface area (Å²) >= 11 is 6.06. The first-order valence-corrected chi connectivity index (χ1v) is 7.81. The SMILES string of the molecule is CC1OC(Cn2cncn2)(c2cc3cc(Cl)ccc3o2)OC1C. The second kappa shape index (κ2) is 5.33. The van der Waals surface area contributed by atoms with Crippen molar-refractivity contribution in [3.63, 3.8) is 0 Å². The Morgan fingerprint density at radius 3 is 2.70 bits per heavy atom. The van der Waals surface area contributed by atoms with Gasteiger partial charge in [0, 0.05) is 10.4 Å². The van der Waals surface area contributed by atoms with Gasteiger partial charge in [-0.2, -0.15) is 5.10 Å². The molecule has 23 heavy (non-hydrogen) atoms. The molecule has 2 unspecified atom stereocenters. The van der Waals surface area contributed by atoms with Crippen LogP contribution in [-0.4, -0.2) is 27.0 Å². The molecule has 7 heteroatoms. The predicted molar refractivity (Wildman–Crippen MR) is 84.0 cm³/mol. The third-order valence-corrected chi connectivity index (χ3v) is 4.34. The Bertz CT molecular complexity index is 820. The van der Waals surface area contributed by atoms with E-state index in [-0.39, 0.29) is 12.2 Å². The molecular formula is C16H16ClN3O3. The van der Waals surface area contributed by atoms with Crippen LogP contribution >= 0.6 is 11.6 Å². The first-order chi connectivity index (χ1) is 11.1. The second-order valence-corrected chi connectivity index (χ2v) is 6.22. The number of fused-ring (bicyclic) bond motifs is 1. The lowest BCUT2D eigenvalue weighted by molar-refractivity contribution is -0.204. The van der Waals surface area contributed by atoms with E-state index in [2.05, 4.69) is 10.1 Å². The minimum absolute atomic E-state index is 0.0599. The van der Waals surface area contributed by atoms with Crippen LogP contribution in [0, 0.1) is 0 Å². The Balaban J connectivity index is 1.80. The maximum absolute atomic E-state index is 6.14. The van der Waals surface area contributed by atoms with E-state index in [4.69, 9.17) is 25.5 Å². The number of halogens is 1. The van der Waals surface area contributed by atoms with Gasteiger partial charge in [0.05, 0.1) is 12.2 Å². The molecule has 3 aromatic rings. The minimum atomic E-state index is -1.03. The van der Waals surface area contributed by atoms with Gasteiger partial charge in [0.25, 0.3) is 0 Å². The highest BCUT2D eigenvalue weighted by Crippen LogP contribution is 2.41. The maximum Gasteiger partial charge on any atom is 0.249 e. The van der Waals surface area contributed by atoms with Gasteiger partial charge in [0.2, 0.25) is 5.79 Å². The highest BCUT2D eigenvalue weighted by atomic mass is 35.5. The molecule has 1 saturated heterocycles. The number of hydrogen-bond donors (Lipinski definition) is 0. The van der Waals surface area contributed by atoms with Crippen LogP contribution in [0.3, 0.4) is 0 Å². The third-order valence-electron chi connectivity index (χ3n) is 4.10. The van der Waals surface area contributed by atoms with Crippen LogP contribution in [0.5, 0.6) is 0 Å². The highest BCUT2D eigenvalue weighted by Gasteiger charge is 2.49. The van der Waals surface area contributed by atoms with Crippen LogP contribution in [0.25, 0.3) is 11.0 Å². The Labute approximate surface area is 138 Å². The summed E-state index contributed by atoms with van der Waals surface area (Å²) in [4.78, 5) is 3.97. The normalized spacial score (nSPS) is 27.8. The smallest absolute Gasteiger partial charge is 0.249 e. The molecule has 3 heterocycles. The Hall–Kier alpha value is -1.89. The van der Waals surface area contributed by atoms with Gasteiger partial charge in [0.1, 0.15) is 24.8 Å². The van der Waals surface area contributed by atoms with Crippen LogP contribution in [0.4, 0.5) is 0 Å².